The molecule has 6 aromatic rings. The number of anilines is 1. The van der Waals surface area contributed by atoms with Gasteiger partial charge in [-0.25, -0.2) is 24.9 Å². The van der Waals surface area contributed by atoms with Crippen LogP contribution < -0.4 is 5.01 Å². The van der Waals surface area contributed by atoms with Crippen LogP contribution in [0.3, 0.4) is 0 Å². The highest BCUT2D eigenvalue weighted by atomic mass is 32.2. The number of aromatic hydroxyl groups is 1. The van der Waals surface area contributed by atoms with E-state index >= 15 is 0 Å². The molecule has 6 aromatic carbocycles. The number of aliphatic carboxylic acids is 1. The van der Waals surface area contributed by atoms with E-state index in [2.05, 4.69) is 54.5 Å². The maximum atomic E-state index is 13.4. The van der Waals surface area contributed by atoms with Crippen LogP contribution in [0.2, 0.25) is 0 Å². The number of nitrogens with zero attached hydrogens (tertiary/aromatic N) is 8. The molecule has 7 N–H and O–H groups in total. The van der Waals surface area contributed by atoms with Gasteiger partial charge in [-0.2, -0.15) is 33.9 Å². The molecule has 25 nitrogen and oxygen atoms in total. The van der Waals surface area contributed by atoms with E-state index in [9.17, 15) is 52.6 Å². The number of benzene rings is 6. The fourth-order valence-corrected chi connectivity index (χ4v) is 7.44. The lowest BCUT2D eigenvalue weighted by molar-refractivity contribution is -0.432. The number of hydrazone groups is 1. The molecule has 0 bridgehead atoms. The Kier molecular flexibility index (Phi) is 13.8. The first kappa shape index (κ1) is 46.4. The minimum Gasteiger partial charge on any atom is -0.505 e. The van der Waals surface area contributed by atoms with Crippen LogP contribution in [0.4, 0.5) is 34.1 Å². The smallest absolute Gasteiger partial charge is 0.355 e. The van der Waals surface area contributed by atoms with Crippen molar-refractivity contribution in [3.8, 4) is 5.75 Å². The highest BCUT2D eigenvalue weighted by molar-refractivity contribution is 7.95. The number of carboxylic acid groups (broad SMARTS) is 3. The zero-order valence-corrected chi connectivity index (χ0v) is 34.8. The standard InChI is InChI=1S/C38H24N8O17S3/c47-34-26-15-20(39-44-32-33(38(53)54)45-46(35(32)48)22-3-5-23(6-4-22)64-62-60-55)2-1-17(26)14-30(65-63-61-56)31(34)43-42-29-10-9-28(25-8-7-24(16-27(25)29)66(57,58)59)41-40-21-12-18(36(49)50)11-19(13-21)37(51)52/h1-16,32,47,55-56H,(H,49,50)(H,51,52)(H,53,54)(H,57,58,59). The summed E-state index contributed by atoms with van der Waals surface area (Å²) in [7, 11) is -4.79. The van der Waals surface area contributed by atoms with Crippen molar-refractivity contribution in [1.82, 2.24) is 0 Å². The van der Waals surface area contributed by atoms with Gasteiger partial charge in [0.2, 0.25) is 6.04 Å². The van der Waals surface area contributed by atoms with Crippen molar-refractivity contribution in [2.75, 3.05) is 5.01 Å². The number of carbonyl (C=O) groups is 4. The zero-order valence-electron chi connectivity index (χ0n) is 32.3. The third-order valence-electron chi connectivity index (χ3n) is 9.03. The molecular formula is C38H24N8O17S3. The molecule has 0 saturated heterocycles. The Labute approximate surface area is 375 Å². The molecule has 28 heteroatoms. The van der Waals surface area contributed by atoms with Gasteiger partial charge in [0, 0.05) is 21.1 Å². The fourth-order valence-electron chi connectivity index (χ4n) is 6.08. The van der Waals surface area contributed by atoms with Gasteiger partial charge in [-0.1, -0.05) is 22.2 Å². The van der Waals surface area contributed by atoms with E-state index < -0.39 is 56.3 Å². The third kappa shape index (κ3) is 10.2. The second kappa shape index (κ2) is 19.6. The Morgan fingerprint density at radius 2 is 1.32 bits per heavy atom. The molecule has 1 aliphatic heterocycles. The predicted octanol–water partition coefficient (Wildman–Crippen LogP) is 8.97. The van der Waals surface area contributed by atoms with Crippen LogP contribution in [0.15, 0.2) is 148 Å². The molecule has 66 heavy (non-hydrogen) atoms. The van der Waals surface area contributed by atoms with Crippen LogP contribution in [-0.4, -0.2) is 79.5 Å². The van der Waals surface area contributed by atoms with E-state index in [0.29, 0.717) is 34.4 Å². The van der Waals surface area contributed by atoms with Crippen LogP contribution in [0.5, 0.6) is 5.75 Å². The second-order valence-corrected chi connectivity index (χ2v) is 16.0. The maximum Gasteiger partial charge on any atom is 0.355 e. The summed E-state index contributed by atoms with van der Waals surface area (Å²) < 4.78 is 43.2. The van der Waals surface area contributed by atoms with E-state index in [1.165, 1.54) is 66.7 Å². The lowest BCUT2D eigenvalue weighted by atomic mass is 10.1. The highest BCUT2D eigenvalue weighted by Crippen LogP contribution is 2.46. The van der Waals surface area contributed by atoms with Crippen molar-refractivity contribution >= 4 is 119 Å². The number of phenolic OH excluding ortho intramolecular Hbond substituents is 1. The molecule has 7 rings (SSSR count). The molecule has 0 spiro atoms. The quantitative estimate of drug-likeness (QED) is 0.0147. The third-order valence-corrected chi connectivity index (χ3v) is 11.1. The molecule has 1 heterocycles. The van der Waals surface area contributed by atoms with E-state index in [4.69, 9.17) is 10.5 Å². The van der Waals surface area contributed by atoms with Crippen molar-refractivity contribution in [2.45, 2.75) is 20.7 Å². The first-order chi connectivity index (χ1) is 31.6. The van der Waals surface area contributed by atoms with E-state index in [-0.39, 0.29) is 66.3 Å². The van der Waals surface area contributed by atoms with Crippen molar-refractivity contribution in [1.29, 1.82) is 0 Å². The Morgan fingerprint density at radius 3 is 1.95 bits per heavy atom. The molecule has 0 aromatic heterocycles. The van der Waals surface area contributed by atoms with Crippen molar-refractivity contribution < 1.29 is 81.8 Å². The van der Waals surface area contributed by atoms with Crippen molar-refractivity contribution in [3.05, 3.63) is 108 Å². The normalized spacial score (nSPS) is 14.3. The molecule has 0 aliphatic carbocycles. The summed E-state index contributed by atoms with van der Waals surface area (Å²) in [6.07, 6.45) is 0. The summed E-state index contributed by atoms with van der Waals surface area (Å²) in [5, 5.41) is 94.7. The SMILES string of the molecule is O=C(O)C1=NN(c2ccc(SOOO)cc2)C(=O)C1N=Nc1ccc2cc(SOOO)c(N=Nc3ccc(N=Nc4cc(C(=O)O)cc(C(=O)O)c4)c4ccc(S(=O)(=O)O)cc34)c(O)c2c1. The van der Waals surface area contributed by atoms with E-state index in [1.54, 1.807) is 0 Å². The highest BCUT2D eigenvalue weighted by Gasteiger charge is 2.41. The van der Waals surface area contributed by atoms with Gasteiger partial charge in [0.1, 0.15) is 5.69 Å². The Bertz CT molecular complexity index is 3170. The van der Waals surface area contributed by atoms with E-state index in [0.717, 1.165) is 35.3 Å². The minimum atomic E-state index is -4.79. The molecule has 336 valence electrons. The molecule has 0 radical (unpaired) electrons. The summed E-state index contributed by atoms with van der Waals surface area (Å²) in [5.41, 5.74) is -1.71. The lowest BCUT2D eigenvalue weighted by Gasteiger charge is -2.12. The summed E-state index contributed by atoms with van der Waals surface area (Å²) in [6.45, 7) is 0. The molecule has 0 fully saturated rings. The largest absolute Gasteiger partial charge is 0.505 e. The number of hydrogen-bond acceptors (Lipinski definition) is 22. The van der Waals surface area contributed by atoms with Crippen molar-refractivity contribution in [3.63, 3.8) is 0 Å². The van der Waals surface area contributed by atoms with Gasteiger partial charge in [0.05, 0.1) is 73.4 Å². The average molecular weight is 961 g/mol. The van der Waals surface area contributed by atoms with Crippen LogP contribution in [0, 0.1) is 0 Å². The lowest BCUT2D eigenvalue weighted by Crippen LogP contribution is -2.32. The van der Waals surface area contributed by atoms with Crippen LogP contribution >= 0.6 is 24.1 Å². The maximum absolute atomic E-state index is 13.4. The number of fused-ring (bicyclic) bond motifs is 2. The number of rotatable bonds is 17. The monoisotopic (exact) mass is 960 g/mol. The number of amides is 1. The Morgan fingerprint density at radius 1 is 0.667 bits per heavy atom. The summed E-state index contributed by atoms with van der Waals surface area (Å²) in [6, 6.07) is 18.8. The van der Waals surface area contributed by atoms with Gasteiger partial charge in [-0.15, -0.1) is 24.0 Å². The van der Waals surface area contributed by atoms with Gasteiger partial charge in [0.15, 0.2) is 11.5 Å². The van der Waals surface area contributed by atoms with Crippen LogP contribution in [0.25, 0.3) is 21.5 Å². The van der Waals surface area contributed by atoms with Gasteiger partial charge < -0.3 is 20.4 Å². The predicted molar refractivity (Wildman–Crippen MR) is 227 cm³/mol. The Hall–Kier alpha value is -7.64. The van der Waals surface area contributed by atoms with Crippen LogP contribution in [-0.2, 0) is 38.5 Å². The average Bonchev–Trinajstić information content (AvgIpc) is 3.63. The first-order valence-electron chi connectivity index (χ1n) is 17.8. The van der Waals surface area contributed by atoms with E-state index in [1.807, 2.05) is 0 Å². The fraction of sp³-hybridized carbons (Fsp3) is 0.0263. The zero-order chi connectivity index (χ0) is 47.3. The molecule has 1 unspecified atom stereocenters. The molecule has 1 amide bonds. The number of carboxylic acids is 3. The van der Waals surface area contributed by atoms with Gasteiger partial charge in [-0.3, -0.25) is 9.35 Å². The number of aromatic carboxylic acids is 2. The summed E-state index contributed by atoms with van der Waals surface area (Å²) in [4.78, 5) is 48.6. The number of carbonyl (C=O) groups excluding carboxylic acids is 1. The van der Waals surface area contributed by atoms with Gasteiger partial charge in [0.25, 0.3) is 16.0 Å². The van der Waals surface area contributed by atoms with Crippen LogP contribution in [0.1, 0.15) is 20.7 Å². The second-order valence-electron chi connectivity index (χ2n) is 13.0. The van der Waals surface area contributed by atoms with Crippen molar-refractivity contribution in [2.24, 2.45) is 35.8 Å². The van der Waals surface area contributed by atoms with Gasteiger partial charge >= 0.3 is 17.9 Å². The summed E-state index contributed by atoms with van der Waals surface area (Å²) in [5.74, 6) is -5.83. The molecule has 1 atom stereocenters. The molecular weight excluding hydrogens is 937 g/mol. The minimum absolute atomic E-state index is 0.00434. The topological polar surface area (TPSA) is 371 Å². The molecule has 0 saturated carbocycles. The first-order valence-corrected chi connectivity index (χ1v) is 20.7. The molecule has 1 aliphatic rings. The number of phenols is 1. The van der Waals surface area contributed by atoms with Gasteiger partial charge in [-0.05, 0) is 90.3 Å². The summed E-state index contributed by atoms with van der Waals surface area (Å²) >= 11 is 1.04. The Balaban J connectivity index is 1.24. The number of hydrogen-bond donors (Lipinski definition) is 7. The number of azo groups is 3.